The van der Waals surface area contributed by atoms with Gasteiger partial charge in [0.1, 0.15) is 5.75 Å². The average molecular weight is 451 g/mol. The Kier molecular flexibility index (Phi) is 6.27. The topological polar surface area (TPSA) is 21.6 Å². The minimum absolute atomic E-state index is 0.190. The summed E-state index contributed by atoms with van der Waals surface area (Å²) in [7, 11) is 0. The van der Waals surface area contributed by atoms with Crippen LogP contribution < -0.4 is 4.74 Å². The van der Waals surface area contributed by atoms with Gasteiger partial charge >= 0.3 is 0 Å². The van der Waals surface area contributed by atoms with E-state index in [0.717, 1.165) is 46.2 Å². The molecule has 1 aliphatic rings. The molecule has 2 heterocycles. The molecule has 0 aliphatic carbocycles. The van der Waals surface area contributed by atoms with Crippen molar-refractivity contribution < 1.29 is 4.74 Å². The molecule has 1 aliphatic heterocycles. The third-order valence-electron chi connectivity index (χ3n) is 4.77. The normalized spacial score (nSPS) is 16.2. The van der Waals surface area contributed by atoms with E-state index in [-0.39, 0.29) is 6.04 Å². The largest absolute Gasteiger partial charge is 0.493 e. The van der Waals surface area contributed by atoms with Crippen molar-refractivity contribution >= 4 is 51.9 Å². The molecule has 28 heavy (non-hydrogen) atoms. The molecule has 0 bridgehead atoms. The molecule has 2 nitrogen and oxygen atoms in total. The second-order valence-electron chi connectivity index (χ2n) is 6.63. The molecule has 1 aromatic heterocycles. The van der Waals surface area contributed by atoms with Crippen molar-refractivity contribution in [2.24, 2.45) is 4.99 Å². The van der Waals surface area contributed by atoms with Crippen LogP contribution >= 0.6 is 46.1 Å². The molecular weight excluding hydrogens is 433 g/mol. The van der Waals surface area contributed by atoms with Crippen LogP contribution in [0, 0.1) is 0 Å². The molecule has 0 radical (unpaired) electrons. The highest BCUT2D eigenvalue weighted by molar-refractivity contribution is 7.12. The first kappa shape index (κ1) is 19.8. The molecular formula is C22H18Cl3NOS. The lowest BCUT2D eigenvalue weighted by Crippen LogP contribution is -2.02. The van der Waals surface area contributed by atoms with Crippen molar-refractivity contribution in [3.05, 3.63) is 85.0 Å². The Bertz CT molecular complexity index is 997. The second kappa shape index (κ2) is 8.87. The third kappa shape index (κ3) is 4.55. The zero-order valence-electron chi connectivity index (χ0n) is 15.0. The number of benzene rings is 2. The molecule has 3 aromatic rings. The highest BCUT2D eigenvalue weighted by atomic mass is 35.5. The minimum atomic E-state index is 0.190. The van der Waals surface area contributed by atoms with E-state index in [4.69, 9.17) is 44.5 Å². The quantitative estimate of drug-likeness (QED) is 0.378. The fraction of sp³-hybridized carbons (Fsp3) is 0.227. The number of thiophene rings is 1. The molecule has 0 spiro atoms. The number of nitrogens with zero attached hydrogens (tertiary/aromatic N) is 1. The van der Waals surface area contributed by atoms with E-state index < -0.39 is 0 Å². The van der Waals surface area contributed by atoms with Crippen molar-refractivity contribution in [3.63, 3.8) is 0 Å². The van der Waals surface area contributed by atoms with Crippen molar-refractivity contribution in [2.75, 3.05) is 6.61 Å². The third-order valence-corrected chi connectivity index (χ3v) is 6.74. The first-order valence-corrected chi connectivity index (χ1v) is 11.1. The van der Waals surface area contributed by atoms with E-state index in [9.17, 15) is 0 Å². The lowest BCUT2D eigenvalue weighted by atomic mass is 10.0. The van der Waals surface area contributed by atoms with Gasteiger partial charge in [-0.1, -0.05) is 53.0 Å². The van der Waals surface area contributed by atoms with Gasteiger partial charge in [0.05, 0.1) is 28.3 Å². The Morgan fingerprint density at radius 1 is 1.00 bits per heavy atom. The van der Waals surface area contributed by atoms with Crippen LogP contribution in [0.1, 0.15) is 34.9 Å². The minimum Gasteiger partial charge on any atom is -0.493 e. The summed E-state index contributed by atoms with van der Waals surface area (Å²) in [5, 5.41) is 4.13. The van der Waals surface area contributed by atoms with Crippen molar-refractivity contribution in [3.8, 4) is 5.75 Å². The summed E-state index contributed by atoms with van der Waals surface area (Å²) in [6.45, 7) is 0.559. The Labute approximate surface area is 183 Å². The highest BCUT2D eigenvalue weighted by Crippen LogP contribution is 2.35. The van der Waals surface area contributed by atoms with Gasteiger partial charge in [0.15, 0.2) is 0 Å². The first-order chi connectivity index (χ1) is 13.6. The van der Waals surface area contributed by atoms with Crippen LogP contribution in [-0.2, 0) is 6.42 Å². The maximum atomic E-state index is 6.24. The van der Waals surface area contributed by atoms with Crippen LogP contribution in [-0.4, -0.2) is 12.3 Å². The van der Waals surface area contributed by atoms with Gasteiger partial charge in [-0.25, -0.2) is 0 Å². The molecule has 0 N–H and O–H groups in total. The molecule has 1 unspecified atom stereocenters. The molecule has 1 atom stereocenters. The van der Waals surface area contributed by atoms with Crippen LogP contribution in [0.3, 0.4) is 0 Å². The molecule has 0 saturated carbocycles. The van der Waals surface area contributed by atoms with E-state index in [2.05, 4.69) is 12.1 Å². The summed E-state index contributed by atoms with van der Waals surface area (Å²) in [6, 6.07) is 15.9. The van der Waals surface area contributed by atoms with Crippen LogP contribution in [0.5, 0.6) is 5.75 Å². The lowest BCUT2D eigenvalue weighted by molar-refractivity contribution is 0.322. The number of hydrogen-bond donors (Lipinski definition) is 0. The van der Waals surface area contributed by atoms with E-state index in [0.29, 0.717) is 16.7 Å². The summed E-state index contributed by atoms with van der Waals surface area (Å²) >= 11 is 20.0. The molecule has 6 heteroatoms. The average Bonchev–Trinajstić information content (AvgIpc) is 3.33. The maximum absolute atomic E-state index is 6.24. The van der Waals surface area contributed by atoms with E-state index in [1.54, 1.807) is 17.4 Å². The van der Waals surface area contributed by atoms with Crippen LogP contribution in [0.15, 0.2) is 58.9 Å². The number of rotatable bonds is 6. The number of ether oxygens (including phenoxy) is 1. The van der Waals surface area contributed by atoms with Gasteiger partial charge in [-0.2, -0.15) is 0 Å². The molecule has 2 aromatic carbocycles. The number of aliphatic imine (C=N–C) groups is 1. The Balaban J connectivity index is 1.35. The van der Waals surface area contributed by atoms with Gasteiger partial charge in [0.2, 0.25) is 0 Å². The lowest BCUT2D eigenvalue weighted by Gasteiger charge is -2.10. The maximum Gasteiger partial charge on any atom is 0.119 e. The van der Waals surface area contributed by atoms with Gasteiger partial charge in [-0.05, 0) is 59.7 Å². The summed E-state index contributed by atoms with van der Waals surface area (Å²) < 4.78 is 5.87. The monoisotopic (exact) mass is 449 g/mol. The fourth-order valence-electron chi connectivity index (χ4n) is 3.29. The fourth-order valence-corrected chi connectivity index (χ4v) is 4.99. The van der Waals surface area contributed by atoms with Crippen LogP contribution in [0.25, 0.3) is 0 Å². The van der Waals surface area contributed by atoms with Crippen LogP contribution in [0.4, 0.5) is 0 Å². The van der Waals surface area contributed by atoms with Gasteiger partial charge in [-0.3, -0.25) is 4.99 Å². The molecule has 4 rings (SSSR count). The zero-order chi connectivity index (χ0) is 19.5. The van der Waals surface area contributed by atoms with Crippen molar-refractivity contribution in [1.82, 2.24) is 0 Å². The standard InChI is InChI=1S/C22H18Cl3NOS/c23-16-4-1-14(19(25)13-16)9-11-27-17-5-2-15(3-6-17)20-7-8-21(26-20)22-18(24)10-12-28-22/h1-6,10,12-13,20H,7-9,11H2. The molecule has 144 valence electrons. The Morgan fingerprint density at radius 2 is 1.82 bits per heavy atom. The zero-order valence-corrected chi connectivity index (χ0v) is 18.1. The van der Waals surface area contributed by atoms with E-state index in [1.165, 1.54) is 5.56 Å². The highest BCUT2D eigenvalue weighted by Gasteiger charge is 2.22. The van der Waals surface area contributed by atoms with Gasteiger partial charge in [0.25, 0.3) is 0 Å². The van der Waals surface area contributed by atoms with Crippen molar-refractivity contribution in [1.29, 1.82) is 0 Å². The van der Waals surface area contributed by atoms with Gasteiger partial charge in [0, 0.05) is 16.5 Å². The first-order valence-electron chi connectivity index (χ1n) is 9.07. The number of halogens is 3. The second-order valence-corrected chi connectivity index (χ2v) is 8.80. The van der Waals surface area contributed by atoms with Gasteiger partial charge < -0.3 is 4.74 Å². The molecule has 0 amide bonds. The number of hydrogen-bond acceptors (Lipinski definition) is 3. The Morgan fingerprint density at radius 3 is 2.54 bits per heavy atom. The summed E-state index contributed by atoms with van der Waals surface area (Å²) in [6.07, 6.45) is 2.71. The molecule has 0 saturated heterocycles. The summed E-state index contributed by atoms with van der Waals surface area (Å²) in [4.78, 5) is 5.99. The predicted molar refractivity (Wildman–Crippen MR) is 120 cm³/mol. The van der Waals surface area contributed by atoms with E-state index >= 15 is 0 Å². The van der Waals surface area contributed by atoms with Gasteiger partial charge in [-0.15, -0.1) is 11.3 Å². The summed E-state index contributed by atoms with van der Waals surface area (Å²) in [5.41, 5.74) is 3.35. The van der Waals surface area contributed by atoms with E-state index in [1.807, 2.05) is 35.7 Å². The summed E-state index contributed by atoms with van der Waals surface area (Å²) in [5.74, 6) is 0.845. The smallest absolute Gasteiger partial charge is 0.119 e. The Hall–Kier alpha value is -1.52. The molecule has 0 fully saturated rings. The van der Waals surface area contributed by atoms with Crippen LogP contribution in [0.2, 0.25) is 15.1 Å². The van der Waals surface area contributed by atoms with Crippen molar-refractivity contribution in [2.45, 2.75) is 25.3 Å². The SMILES string of the molecule is Clc1ccc(CCOc2ccc(C3CCC(c4sccc4Cl)=N3)cc2)c(Cl)c1. The predicted octanol–water partition coefficient (Wildman–Crippen LogP) is 7.65.